The third-order valence-electron chi connectivity index (χ3n) is 4.42. The summed E-state index contributed by atoms with van der Waals surface area (Å²) in [7, 11) is -8.32. The quantitative estimate of drug-likeness (QED) is 0.350. The van der Waals surface area contributed by atoms with Crippen LogP contribution in [-0.4, -0.2) is 41.7 Å². The Balaban J connectivity index is 1.97. The van der Waals surface area contributed by atoms with Crippen LogP contribution in [0.4, 0.5) is 4.79 Å². The van der Waals surface area contributed by atoms with Gasteiger partial charge in [-0.2, -0.15) is 8.42 Å². The third kappa shape index (κ3) is 9.09. The van der Waals surface area contributed by atoms with E-state index < -0.39 is 41.5 Å². The van der Waals surface area contributed by atoms with Crippen molar-refractivity contribution in [2.24, 2.45) is 0 Å². The van der Waals surface area contributed by atoms with E-state index in [1.807, 2.05) is 36.4 Å². The summed E-state index contributed by atoms with van der Waals surface area (Å²) < 4.78 is 49.1. The molecule has 0 aliphatic rings. The molecule has 0 spiro atoms. The second-order valence-electron chi connectivity index (χ2n) is 6.86. The number of benzene rings is 2. The highest BCUT2D eigenvalue weighted by atomic mass is 32.2. The minimum absolute atomic E-state index is 0.0402. The van der Waals surface area contributed by atoms with E-state index in [4.69, 9.17) is 9.29 Å². The zero-order chi connectivity index (χ0) is 22.0. The van der Waals surface area contributed by atoms with Crippen LogP contribution in [0.25, 0.3) is 0 Å². The Bertz CT molecular complexity index is 952. The fourth-order valence-corrected chi connectivity index (χ4v) is 5.32. The lowest BCUT2D eigenvalue weighted by Gasteiger charge is -2.23. The van der Waals surface area contributed by atoms with Crippen molar-refractivity contribution in [3.8, 4) is 0 Å². The summed E-state index contributed by atoms with van der Waals surface area (Å²) in [4.78, 5) is 22.6. The summed E-state index contributed by atoms with van der Waals surface area (Å²) in [6, 6.07) is 18.3. The van der Waals surface area contributed by atoms with Gasteiger partial charge in [0.15, 0.2) is 0 Å². The normalized spacial score (nSPS) is 14.5. The molecule has 2 aromatic carbocycles. The Morgan fingerprint density at radius 2 is 1.60 bits per heavy atom. The first-order valence-corrected chi connectivity index (χ1v) is 13.0. The Labute approximate surface area is 176 Å². The number of carbonyl (C=O) groups is 1. The Morgan fingerprint density at radius 1 is 1.03 bits per heavy atom. The van der Waals surface area contributed by atoms with Crippen molar-refractivity contribution < 1.29 is 32.0 Å². The number of rotatable bonds is 11. The van der Waals surface area contributed by atoms with Crippen molar-refractivity contribution in [1.82, 2.24) is 5.32 Å². The zero-order valence-corrected chi connectivity index (χ0v) is 18.1. The number of alkyl carbamates (subject to hydrolysis) is 1. The number of ether oxygens (including phenoxy) is 1. The number of amides is 1. The van der Waals surface area contributed by atoms with Crippen molar-refractivity contribution in [1.29, 1.82) is 0 Å². The molecule has 0 saturated carbocycles. The fourth-order valence-electron chi connectivity index (χ4n) is 2.85. The minimum atomic E-state index is -4.36. The molecule has 2 rings (SSSR count). The molecular weight excluding hydrogens is 429 g/mol. The second-order valence-corrected chi connectivity index (χ2v) is 11.0. The Morgan fingerprint density at radius 3 is 2.17 bits per heavy atom. The van der Waals surface area contributed by atoms with Crippen LogP contribution in [0, 0.1) is 0 Å². The van der Waals surface area contributed by atoms with Crippen LogP contribution in [0.5, 0.6) is 0 Å². The average molecular weight is 455 g/mol. The van der Waals surface area contributed by atoms with Gasteiger partial charge in [0.2, 0.25) is 7.37 Å². The van der Waals surface area contributed by atoms with Crippen molar-refractivity contribution in [2.75, 3.05) is 11.9 Å². The van der Waals surface area contributed by atoms with Crippen molar-refractivity contribution in [3.05, 3.63) is 71.8 Å². The zero-order valence-electron chi connectivity index (χ0n) is 16.4. The summed E-state index contributed by atoms with van der Waals surface area (Å²) in [5.41, 5.74) is 1.74. The molecule has 30 heavy (non-hydrogen) atoms. The molecule has 2 aromatic rings. The Hall–Kier alpha value is -2.19. The first kappa shape index (κ1) is 24.1. The highest BCUT2D eigenvalue weighted by molar-refractivity contribution is 7.85. The molecule has 164 valence electrons. The van der Waals surface area contributed by atoms with Gasteiger partial charge in [-0.3, -0.25) is 9.12 Å². The minimum Gasteiger partial charge on any atom is -0.445 e. The first-order chi connectivity index (χ1) is 14.2. The third-order valence-corrected chi connectivity index (χ3v) is 7.49. The standard InChI is InChI=1S/C20H26NO7PS/c22-20(28-16-18-10-5-2-6-11-18)21-19(13-15-30(25,26)27)29(23,24)14-7-12-17-8-3-1-4-9-17/h1-6,8-11,19H,7,12-16H2,(H,21,22)(H,23,24)(H,25,26,27). The molecule has 0 fully saturated rings. The van der Waals surface area contributed by atoms with Crippen LogP contribution < -0.4 is 5.32 Å². The highest BCUT2D eigenvalue weighted by Gasteiger charge is 2.33. The number of aryl methyl sites for hydroxylation is 1. The second kappa shape index (κ2) is 11.3. The first-order valence-electron chi connectivity index (χ1n) is 9.43. The summed E-state index contributed by atoms with van der Waals surface area (Å²) in [6.07, 6.45) is -0.512. The summed E-state index contributed by atoms with van der Waals surface area (Å²) >= 11 is 0. The number of hydrogen-bond acceptors (Lipinski definition) is 5. The fraction of sp³-hybridized carbons (Fsp3) is 0.350. The molecule has 1 amide bonds. The maximum Gasteiger partial charge on any atom is 0.408 e. The summed E-state index contributed by atoms with van der Waals surface area (Å²) in [6.45, 7) is -0.0402. The molecule has 0 aliphatic carbocycles. The summed E-state index contributed by atoms with van der Waals surface area (Å²) in [5.74, 6) is -2.10. The van der Waals surface area contributed by atoms with Crippen LogP contribution in [0.1, 0.15) is 24.0 Å². The molecule has 0 aromatic heterocycles. The molecule has 0 heterocycles. The SMILES string of the molecule is O=C(NC(CCS(=O)(=O)O)P(=O)(O)CCCc1ccccc1)OCc1ccccc1. The van der Waals surface area contributed by atoms with Crippen molar-refractivity contribution >= 4 is 23.6 Å². The van der Waals surface area contributed by atoms with Crippen molar-refractivity contribution in [2.45, 2.75) is 31.7 Å². The molecule has 2 unspecified atom stereocenters. The molecule has 10 heteroatoms. The van der Waals surface area contributed by atoms with Gasteiger partial charge in [-0.05, 0) is 30.4 Å². The average Bonchev–Trinajstić information content (AvgIpc) is 2.70. The maximum absolute atomic E-state index is 12.8. The predicted molar refractivity (Wildman–Crippen MR) is 114 cm³/mol. The predicted octanol–water partition coefficient (Wildman–Crippen LogP) is 3.42. The maximum atomic E-state index is 12.8. The largest absolute Gasteiger partial charge is 0.445 e. The van der Waals surface area contributed by atoms with Gasteiger partial charge in [0.05, 0.1) is 5.75 Å². The van der Waals surface area contributed by atoms with E-state index in [1.165, 1.54) is 0 Å². The van der Waals surface area contributed by atoms with Crippen LogP contribution in [0.2, 0.25) is 0 Å². The van der Waals surface area contributed by atoms with Gasteiger partial charge in [-0.15, -0.1) is 0 Å². The molecule has 2 atom stereocenters. The topological polar surface area (TPSA) is 130 Å². The lowest BCUT2D eigenvalue weighted by Crippen LogP contribution is -2.37. The molecule has 8 nitrogen and oxygen atoms in total. The van der Waals surface area contributed by atoms with Crippen LogP contribution >= 0.6 is 7.37 Å². The molecular formula is C20H26NO7PS. The summed E-state index contributed by atoms with van der Waals surface area (Å²) in [5, 5.41) is 2.30. The highest BCUT2D eigenvalue weighted by Crippen LogP contribution is 2.47. The van der Waals surface area contributed by atoms with Crippen molar-refractivity contribution in [3.63, 3.8) is 0 Å². The van der Waals surface area contributed by atoms with Crippen LogP contribution in [0.15, 0.2) is 60.7 Å². The number of carbonyl (C=O) groups excluding carboxylic acids is 1. The Kier molecular flexibility index (Phi) is 9.05. The molecule has 0 radical (unpaired) electrons. The molecule has 0 saturated heterocycles. The van der Waals surface area contributed by atoms with Gasteiger partial charge in [0.25, 0.3) is 10.1 Å². The van der Waals surface area contributed by atoms with Gasteiger partial charge in [-0.1, -0.05) is 60.7 Å². The lowest BCUT2D eigenvalue weighted by atomic mass is 10.1. The van der Waals surface area contributed by atoms with E-state index >= 15 is 0 Å². The van der Waals surface area contributed by atoms with E-state index in [1.54, 1.807) is 24.3 Å². The van der Waals surface area contributed by atoms with Gasteiger partial charge >= 0.3 is 6.09 Å². The number of hydrogen-bond donors (Lipinski definition) is 3. The number of nitrogens with one attached hydrogen (secondary N) is 1. The van der Waals surface area contributed by atoms with Gasteiger partial charge in [0.1, 0.15) is 12.4 Å². The van der Waals surface area contributed by atoms with E-state index in [2.05, 4.69) is 5.32 Å². The monoisotopic (exact) mass is 455 g/mol. The lowest BCUT2D eigenvalue weighted by molar-refractivity contribution is 0.137. The van der Waals surface area contributed by atoms with E-state index in [0.717, 1.165) is 11.1 Å². The van der Waals surface area contributed by atoms with Crippen LogP contribution in [0.3, 0.4) is 0 Å². The molecule has 3 N–H and O–H groups in total. The molecule has 0 aliphatic heterocycles. The van der Waals surface area contributed by atoms with Gasteiger partial charge in [0, 0.05) is 6.16 Å². The van der Waals surface area contributed by atoms with Gasteiger partial charge < -0.3 is 14.9 Å². The molecule has 0 bridgehead atoms. The van der Waals surface area contributed by atoms with E-state index in [9.17, 15) is 22.7 Å². The van der Waals surface area contributed by atoms with Gasteiger partial charge in [-0.25, -0.2) is 4.79 Å². The van der Waals surface area contributed by atoms with Crippen LogP contribution in [-0.2, 0) is 32.4 Å². The smallest absolute Gasteiger partial charge is 0.408 e. The van der Waals surface area contributed by atoms with E-state index in [-0.39, 0.29) is 12.8 Å². The van der Waals surface area contributed by atoms with E-state index in [0.29, 0.717) is 12.8 Å².